The Morgan fingerprint density at radius 3 is 2.24 bits per heavy atom. The van der Waals surface area contributed by atoms with Crippen molar-refractivity contribution in [2.24, 2.45) is 5.84 Å². The molecule has 0 heterocycles. The van der Waals surface area contributed by atoms with Crippen molar-refractivity contribution in [3.8, 4) is 5.75 Å². The summed E-state index contributed by atoms with van der Waals surface area (Å²) >= 11 is 0. The van der Waals surface area contributed by atoms with E-state index in [1.54, 1.807) is 6.92 Å². The second-order valence-corrected chi connectivity index (χ2v) is 3.56. The first-order chi connectivity index (χ1) is 7.83. The number of nitrogens with one attached hydrogen (secondary N) is 1. The van der Waals surface area contributed by atoms with Crippen LogP contribution in [-0.2, 0) is 0 Å². The summed E-state index contributed by atoms with van der Waals surface area (Å²) in [5.74, 6) is 5.06. The summed E-state index contributed by atoms with van der Waals surface area (Å²) in [7, 11) is 0. The van der Waals surface area contributed by atoms with Crippen molar-refractivity contribution in [2.45, 2.75) is 19.3 Å². The summed E-state index contributed by atoms with van der Waals surface area (Å²) in [6.07, 6.45) is -4.68. The predicted molar refractivity (Wildman–Crippen MR) is 58.0 cm³/mol. The van der Waals surface area contributed by atoms with Crippen molar-refractivity contribution in [2.75, 3.05) is 0 Å². The predicted octanol–water partition coefficient (Wildman–Crippen LogP) is 2.67. The number of hydrogen-bond acceptors (Lipinski definition) is 3. The molecule has 0 radical (unpaired) electrons. The van der Waals surface area contributed by atoms with Gasteiger partial charge in [-0.05, 0) is 24.6 Å². The summed E-state index contributed by atoms with van der Waals surface area (Å²) in [5.41, 5.74) is 4.00. The third-order valence-corrected chi connectivity index (χ3v) is 2.11. The zero-order chi connectivity index (χ0) is 13.1. The van der Waals surface area contributed by atoms with Gasteiger partial charge in [0.25, 0.3) is 0 Å². The van der Waals surface area contributed by atoms with Crippen LogP contribution < -0.4 is 16.0 Å². The lowest BCUT2D eigenvalue weighted by Crippen LogP contribution is -2.28. The van der Waals surface area contributed by atoms with E-state index in [4.69, 9.17) is 5.84 Å². The smallest absolute Gasteiger partial charge is 0.406 e. The maximum absolute atomic E-state index is 11.9. The van der Waals surface area contributed by atoms with Gasteiger partial charge in [-0.25, -0.2) is 5.43 Å². The zero-order valence-electron chi connectivity index (χ0n) is 9.21. The minimum atomic E-state index is -4.68. The largest absolute Gasteiger partial charge is 0.573 e. The molecule has 0 bridgehead atoms. The van der Waals surface area contributed by atoms with Crippen LogP contribution in [0.2, 0.25) is 0 Å². The molecule has 0 amide bonds. The van der Waals surface area contributed by atoms with E-state index in [1.807, 2.05) is 0 Å². The molecule has 1 rings (SSSR count). The first-order valence-corrected chi connectivity index (χ1v) is 4.80. The van der Waals surface area contributed by atoms with Crippen LogP contribution in [0.25, 0.3) is 0 Å². The standard InChI is InChI=1S/C11H13F3N2O/c1-7(2)10(16-15)8-3-5-9(6-4-8)17-11(12,13)14/h3-6,10,16H,1,15H2,2H3. The molecular formula is C11H13F3N2O. The van der Waals surface area contributed by atoms with E-state index in [0.29, 0.717) is 0 Å². The number of rotatable bonds is 4. The highest BCUT2D eigenvalue weighted by Gasteiger charge is 2.31. The fraction of sp³-hybridized carbons (Fsp3) is 0.273. The van der Waals surface area contributed by atoms with E-state index < -0.39 is 6.36 Å². The van der Waals surface area contributed by atoms with Crippen LogP contribution in [0.15, 0.2) is 36.4 Å². The van der Waals surface area contributed by atoms with Crippen molar-refractivity contribution in [1.82, 2.24) is 5.43 Å². The summed E-state index contributed by atoms with van der Waals surface area (Å²) in [6.45, 7) is 5.50. The second kappa shape index (κ2) is 5.20. The van der Waals surface area contributed by atoms with Gasteiger partial charge in [-0.3, -0.25) is 5.84 Å². The first-order valence-electron chi connectivity index (χ1n) is 4.80. The van der Waals surface area contributed by atoms with Crippen molar-refractivity contribution in [3.63, 3.8) is 0 Å². The quantitative estimate of drug-likeness (QED) is 0.488. The monoisotopic (exact) mass is 246 g/mol. The Morgan fingerprint density at radius 2 is 1.88 bits per heavy atom. The molecule has 3 nitrogen and oxygen atoms in total. The number of benzene rings is 1. The Balaban J connectivity index is 2.84. The molecule has 0 aliphatic rings. The topological polar surface area (TPSA) is 47.3 Å². The number of ether oxygens (including phenoxy) is 1. The Labute approximate surface area is 97.0 Å². The summed E-state index contributed by atoms with van der Waals surface area (Å²) in [5, 5.41) is 0. The molecule has 0 spiro atoms. The molecule has 0 saturated heterocycles. The fourth-order valence-electron chi connectivity index (χ4n) is 1.38. The highest BCUT2D eigenvalue weighted by Crippen LogP contribution is 2.25. The van der Waals surface area contributed by atoms with E-state index in [9.17, 15) is 13.2 Å². The van der Waals surface area contributed by atoms with Gasteiger partial charge in [-0.2, -0.15) is 0 Å². The van der Waals surface area contributed by atoms with Crippen LogP contribution >= 0.6 is 0 Å². The Kier molecular flexibility index (Phi) is 4.14. The molecule has 0 aliphatic heterocycles. The van der Waals surface area contributed by atoms with Gasteiger partial charge in [0.2, 0.25) is 0 Å². The summed E-state index contributed by atoms with van der Waals surface area (Å²) in [6, 6.07) is 5.17. The third-order valence-electron chi connectivity index (χ3n) is 2.11. The average molecular weight is 246 g/mol. The molecule has 1 aromatic rings. The number of alkyl halides is 3. The van der Waals surface area contributed by atoms with Gasteiger partial charge in [0.05, 0.1) is 6.04 Å². The maximum Gasteiger partial charge on any atom is 0.573 e. The molecule has 0 fully saturated rings. The number of halogens is 3. The zero-order valence-corrected chi connectivity index (χ0v) is 9.21. The molecule has 94 valence electrons. The van der Waals surface area contributed by atoms with Gasteiger partial charge in [0, 0.05) is 0 Å². The van der Waals surface area contributed by atoms with Crippen LogP contribution in [0.1, 0.15) is 18.5 Å². The third kappa shape index (κ3) is 4.08. The normalized spacial score (nSPS) is 13.2. The molecule has 17 heavy (non-hydrogen) atoms. The Bertz CT molecular complexity index is 387. The number of hydrazine groups is 1. The summed E-state index contributed by atoms with van der Waals surface area (Å²) < 4.78 is 39.5. The Hall–Kier alpha value is -1.53. The second-order valence-electron chi connectivity index (χ2n) is 3.56. The minimum Gasteiger partial charge on any atom is -0.406 e. The van der Waals surface area contributed by atoms with Gasteiger partial charge >= 0.3 is 6.36 Å². The minimum absolute atomic E-state index is 0.265. The molecule has 6 heteroatoms. The lowest BCUT2D eigenvalue weighted by atomic mass is 10.0. The molecular weight excluding hydrogens is 233 g/mol. The van der Waals surface area contributed by atoms with Gasteiger partial charge in [0.15, 0.2) is 0 Å². The van der Waals surface area contributed by atoms with Crippen LogP contribution in [0.3, 0.4) is 0 Å². The van der Waals surface area contributed by atoms with Crippen molar-refractivity contribution in [3.05, 3.63) is 42.0 Å². The van der Waals surface area contributed by atoms with Gasteiger partial charge in [-0.1, -0.05) is 24.3 Å². The van der Waals surface area contributed by atoms with Crippen LogP contribution in [0, 0.1) is 0 Å². The molecule has 0 aliphatic carbocycles. The SMILES string of the molecule is C=C(C)C(NN)c1ccc(OC(F)(F)F)cc1. The van der Waals surface area contributed by atoms with E-state index in [1.165, 1.54) is 24.3 Å². The van der Waals surface area contributed by atoms with E-state index >= 15 is 0 Å². The molecule has 3 N–H and O–H groups in total. The highest BCUT2D eigenvalue weighted by molar-refractivity contribution is 5.32. The Morgan fingerprint density at radius 1 is 1.35 bits per heavy atom. The molecule has 1 aromatic carbocycles. The average Bonchev–Trinajstić information content (AvgIpc) is 2.18. The lowest BCUT2D eigenvalue weighted by Gasteiger charge is -2.17. The fourth-order valence-corrected chi connectivity index (χ4v) is 1.38. The number of hydrogen-bond donors (Lipinski definition) is 2. The highest BCUT2D eigenvalue weighted by atomic mass is 19.4. The van der Waals surface area contributed by atoms with E-state index in [-0.39, 0.29) is 11.8 Å². The van der Waals surface area contributed by atoms with Crippen molar-refractivity contribution in [1.29, 1.82) is 0 Å². The molecule has 1 atom stereocenters. The molecule has 1 unspecified atom stereocenters. The van der Waals surface area contributed by atoms with Gasteiger partial charge in [0.1, 0.15) is 5.75 Å². The van der Waals surface area contributed by atoms with Crippen LogP contribution in [0.4, 0.5) is 13.2 Å². The van der Waals surface area contributed by atoms with Crippen LogP contribution in [0.5, 0.6) is 5.75 Å². The van der Waals surface area contributed by atoms with Crippen LogP contribution in [-0.4, -0.2) is 6.36 Å². The maximum atomic E-state index is 11.9. The van der Waals surface area contributed by atoms with Gasteiger partial charge < -0.3 is 4.74 Å². The van der Waals surface area contributed by atoms with Gasteiger partial charge in [-0.15, -0.1) is 13.2 Å². The van der Waals surface area contributed by atoms with Crippen molar-refractivity contribution >= 4 is 0 Å². The van der Waals surface area contributed by atoms with Crippen molar-refractivity contribution < 1.29 is 17.9 Å². The lowest BCUT2D eigenvalue weighted by molar-refractivity contribution is -0.274. The molecule has 0 aromatic heterocycles. The number of nitrogens with two attached hydrogens (primary N) is 1. The van der Waals surface area contributed by atoms with E-state index in [2.05, 4.69) is 16.7 Å². The summed E-state index contributed by atoms with van der Waals surface area (Å²) in [4.78, 5) is 0. The van der Waals surface area contributed by atoms with E-state index in [0.717, 1.165) is 11.1 Å². The molecule has 0 saturated carbocycles. The first kappa shape index (κ1) is 13.5.